The minimum atomic E-state index is 0.113. The molecule has 0 saturated heterocycles. The molecule has 1 aromatic carbocycles. The SMILES string of the molecule is O=C1CCc2ccccc2N1c1ccccn1. The van der Waals surface area contributed by atoms with Crippen LogP contribution in [0.5, 0.6) is 0 Å². The summed E-state index contributed by atoms with van der Waals surface area (Å²) in [5, 5.41) is 0. The maximum atomic E-state index is 12.0. The number of para-hydroxylation sites is 1. The Bertz CT molecular complexity index is 551. The van der Waals surface area contributed by atoms with Crippen molar-refractivity contribution >= 4 is 17.4 Å². The molecule has 0 bridgehead atoms. The van der Waals surface area contributed by atoms with Gasteiger partial charge in [-0.05, 0) is 30.2 Å². The lowest BCUT2D eigenvalue weighted by atomic mass is 10.0. The number of hydrogen-bond donors (Lipinski definition) is 0. The Morgan fingerprint density at radius 3 is 2.65 bits per heavy atom. The topological polar surface area (TPSA) is 33.2 Å². The van der Waals surface area contributed by atoms with E-state index in [2.05, 4.69) is 11.1 Å². The van der Waals surface area contributed by atoms with Crippen LogP contribution < -0.4 is 4.90 Å². The van der Waals surface area contributed by atoms with Crippen LogP contribution in [-0.4, -0.2) is 10.9 Å². The van der Waals surface area contributed by atoms with Gasteiger partial charge in [0, 0.05) is 12.6 Å². The van der Waals surface area contributed by atoms with Crippen molar-refractivity contribution in [3.63, 3.8) is 0 Å². The number of anilines is 2. The van der Waals surface area contributed by atoms with E-state index >= 15 is 0 Å². The lowest BCUT2D eigenvalue weighted by molar-refractivity contribution is -0.118. The van der Waals surface area contributed by atoms with E-state index in [1.165, 1.54) is 5.56 Å². The fourth-order valence-electron chi connectivity index (χ4n) is 2.17. The van der Waals surface area contributed by atoms with Gasteiger partial charge in [0.05, 0.1) is 5.69 Å². The van der Waals surface area contributed by atoms with Crippen molar-refractivity contribution in [2.45, 2.75) is 12.8 Å². The van der Waals surface area contributed by atoms with Crippen LogP contribution in [-0.2, 0) is 11.2 Å². The highest BCUT2D eigenvalue weighted by Crippen LogP contribution is 2.32. The van der Waals surface area contributed by atoms with E-state index in [1.807, 2.05) is 36.4 Å². The van der Waals surface area contributed by atoms with Crippen LogP contribution >= 0.6 is 0 Å². The highest BCUT2D eigenvalue weighted by Gasteiger charge is 2.25. The zero-order valence-electron chi connectivity index (χ0n) is 9.34. The molecule has 84 valence electrons. The summed E-state index contributed by atoms with van der Waals surface area (Å²) in [5.74, 6) is 0.812. The number of fused-ring (bicyclic) bond motifs is 1. The normalized spacial score (nSPS) is 14.6. The number of pyridine rings is 1. The summed E-state index contributed by atoms with van der Waals surface area (Å²) in [7, 11) is 0. The summed E-state index contributed by atoms with van der Waals surface area (Å²) in [6.07, 6.45) is 3.08. The molecule has 1 aliphatic heterocycles. The number of hydrogen-bond acceptors (Lipinski definition) is 2. The van der Waals surface area contributed by atoms with Crippen molar-refractivity contribution in [1.82, 2.24) is 4.98 Å². The third-order valence-electron chi connectivity index (χ3n) is 2.97. The number of carbonyl (C=O) groups excluding carboxylic acids is 1. The second kappa shape index (κ2) is 4.01. The molecule has 0 spiro atoms. The average Bonchev–Trinajstić information content (AvgIpc) is 2.39. The van der Waals surface area contributed by atoms with Crippen LogP contribution in [0.4, 0.5) is 11.5 Å². The second-order valence-electron chi connectivity index (χ2n) is 4.05. The Balaban J connectivity index is 2.13. The van der Waals surface area contributed by atoms with E-state index in [-0.39, 0.29) is 5.91 Å². The standard InChI is InChI=1S/C14H12N2O/c17-14-9-8-11-5-1-2-6-12(11)16(14)13-7-3-4-10-15-13/h1-7,10H,8-9H2. The van der Waals surface area contributed by atoms with Crippen molar-refractivity contribution in [3.8, 4) is 0 Å². The second-order valence-corrected chi connectivity index (χ2v) is 4.05. The number of benzene rings is 1. The number of aromatic nitrogens is 1. The Kier molecular flexibility index (Phi) is 2.37. The van der Waals surface area contributed by atoms with Gasteiger partial charge in [0.25, 0.3) is 0 Å². The van der Waals surface area contributed by atoms with Crippen LogP contribution in [0.25, 0.3) is 0 Å². The smallest absolute Gasteiger partial charge is 0.233 e. The van der Waals surface area contributed by atoms with E-state index in [9.17, 15) is 4.79 Å². The van der Waals surface area contributed by atoms with E-state index in [1.54, 1.807) is 11.1 Å². The minimum Gasteiger partial charge on any atom is -0.274 e. The summed E-state index contributed by atoms with van der Waals surface area (Å²) < 4.78 is 0. The van der Waals surface area contributed by atoms with E-state index in [4.69, 9.17) is 0 Å². The molecular weight excluding hydrogens is 212 g/mol. The van der Waals surface area contributed by atoms with Crippen LogP contribution in [0.3, 0.4) is 0 Å². The first-order valence-electron chi connectivity index (χ1n) is 5.68. The molecule has 0 N–H and O–H groups in total. The molecule has 1 amide bonds. The monoisotopic (exact) mass is 224 g/mol. The van der Waals surface area contributed by atoms with Gasteiger partial charge in [-0.2, -0.15) is 0 Å². The molecule has 2 aromatic rings. The number of rotatable bonds is 1. The fourth-order valence-corrected chi connectivity index (χ4v) is 2.17. The predicted molar refractivity (Wildman–Crippen MR) is 66.1 cm³/mol. The quantitative estimate of drug-likeness (QED) is 0.746. The maximum Gasteiger partial charge on any atom is 0.233 e. The van der Waals surface area contributed by atoms with Gasteiger partial charge in [0.15, 0.2) is 0 Å². The van der Waals surface area contributed by atoms with Crippen molar-refractivity contribution in [2.24, 2.45) is 0 Å². The van der Waals surface area contributed by atoms with Crippen LogP contribution in [0.2, 0.25) is 0 Å². The molecule has 1 aromatic heterocycles. The largest absolute Gasteiger partial charge is 0.274 e. The number of aryl methyl sites for hydroxylation is 1. The Morgan fingerprint density at radius 2 is 1.82 bits per heavy atom. The number of nitrogens with zero attached hydrogens (tertiary/aromatic N) is 2. The van der Waals surface area contributed by atoms with Gasteiger partial charge in [0.1, 0.15) is 5.82 Å². The summed E-state index contributed by atoms with van der Waals surface area (Å²) in [6.45, 7) is 0. The fraction of sp³-hybridized carbons (Fsp3) is 0.143. The molecule has 0 saturated carbocycles. The zero-order chi connectivity index (χ0) is 11.7. The predicted octanol–water partition coefficient (Wildman–Crippen LogP) is 2.69. The van der Waals surface area contributed by atoms with Gasteiger partial charge in [-0.25, -0.2) is 4.98 Å². The highest BCUT2D eigenvalue weighted by atomic mass is 16.2. The highest BCUT2D eigenvalue weighted by molar-refractivity contribution is 6.02. The summed E-state index contributed by atoms with van der Waals surface area (Å²) in [6, 6.07) is 13.6. The van der Waals surface area contributed by atoms with E-state index < -0.39 is 0 Å². The molecule has 1 aliphatic rings. The molecule has 3 rings (SSSR count). The first-order chi connectivity index (χ1) is 8.36. The van der Waals surface area contributed by atoms with Gasteiger partial charge >= 0.3 is 0 Å². The Labute approximate surface area is 99.7 Å². The summed E-state index contributed by atoms with van der Waals surface area (Å²) in [5.41, 5.74) is 2.17. The number of amides is 1. The molecule has 0 atom stereocenters. The third-order valence-corrected chi connectivity index (χ3v) is 2.97. The van der Waals surface area contributed by atoms with Crippen molar-refractivity contribution < 1.29 is 4.79 Å². The van der Waals surface area contributed by atoms with Crippen LogP contribution in [0, 0.1) is 0 Å². The van der Waals surface area contributed by atoms with Crippen molar-refractivity contribution in [1.29, 1.82) is 0 Å². The van der Waals surface area contributed by atoms with E-state index in [0.29, 0.717) is 12.2 Å². The van der Waals surface area contributed by atoms with Crippen molar-refractivity contribution in [3.05, 3.63) is 54.2 Å². The van der Waals surface area contributed by atoms with Gasteiger partial charge in [-0.3, -0.25) is 9.69 Å². The first-order valence-corrected chi connectivity index (χ1v) is 5.68. The number of carbonyl (C=O) groups is 1. The van der Waals surface area contributed by atoms with Crippen LogP contribution in [0.1, 0.15) is 12.0 Å². The molecule has 0 aliphatic carbocycles. The van der Waals surface area contributed by atoms with Crippen molar-refractivity contribution in [2.75, 3.05) is 4.90 Å². The van der Waals surface area contributed by atoms with Gasteiger partial charge in [-0.15, -0.1) is 0 Å². The van der Waals surface area contributed by atoms with E-state index in [0.717, 1.165) is 12.1 Å². The molecule has 0 fully saturated rings. The summed E-state index contributed by atoms with van der Waals surface area (Å²) >= 11 is 0. The van der Waals surface area contributed by atoms with Gasteiger partial charge < -0.3 is 0 Å². The molecule has 2 heterocycles. The molecule has 17 heavy (non-hydrogen) atoms. The Hall–Kier alpha value is -2.16. The lowest BCUT2D eigenvalue weighted by Gasteiger charge is -2.28. The minimum absolute atomic E-state index is 0.113. The lowest BCUT2D eigenvalue weighted by Crippen LogP contribution is -2.31. The summed E-state index contributed by atoms with van der Waals surface area (Å²) in [4.78, 5) is 18.0. The van der Waals surface area contributed by atoms with Crippen LogP contribution in [0.15, 0.2) is 48.7 Å². The van der Waals surface area contributed by atoms with Gasteiger partial charge in [0.2, 0.25) is 5.91 Å². The van der Waals surface area contributed by atoms with Gasteiger partial charge in [-0.1, -0.05) is 24.3 Å². The molecule has 0 unspecified atom stereocenters. The molecular formula is C14H12N2O. The average molecular weight is 224 g/mol. The Morgan fingerprint density at radius 1 is 1.00 bits per heavy atom. The first kappa shape index (κ1) is 10.0. The zero-order valence-corrected chi connectivity index (χ0v) is 9.34. The molecule has 3 heteroatoms. The molecule has 3 nitrogen and oxygen atoms in total. The third kappa shape index (κ3) is 1.69. The maximum absolute atomic E-state index is 12.0. The molecule has 0 radical (unpaired) electrons.